The molecule has 2 saturated heterocycles. The predicted molar refractivity (Wildman–Crippen MR) is 114 cm³/mol. The molecule has 0 saturated carbocycles. The molecule has 0 aliphatic carbocycles. The van der Waals surface area contributed by atoms with Gasteiger partial charge >= 0.3 is 0 Å². The Balaban J connectivity index is 0.00000312. The van der Waals surface area contributed by atoms with Crippen LogP contribution in [0.3, 0.4) is 0 Å². The number of aliphatic imine (C=N–C) groups is 1. The highest BCUT2D eigenvalue weighted by atomic mass is 127. The lowest BCUT2D eigenvalue weighted by Gasteiger charge is -2.35. The number of nitrogens with two attached hydrogens (primary N) is 1. The summed E-state index contributed by atoms with van der Waals surface area (Å²) >= 11 is 0. The van der Waals surface area contributed by atoms with Crippen LogP contribution >= 0.6 is 24.0 Å². The van der Waals surface area contributed by atoms with E-state index >= 15 is 0 Å². The lowest BCUT2D eigenvalue weighted by Crippen LogP contribution is -2.47. The second kappa shape index (κ2) is 11.9. The number of likely N-dealkylation sites (tertiary alicyclic amines) is 2. The molecule has 0 bridgehead atoms. The molecule has 2 rings (SSSR count). The Morgan fingerprint density at radius 1 is 1.28 bits per heavy atom. The average Bonchev–Trinajstić information content (AvgIpc) is 3.04. The molecule has 2 fully saturated rings. The predicted octanol–water partition coefficient (Wildman–Crippen LogP) is 1.89. The second-order valence-corrected chi connectivity index (χ2v) is 7.43. The first-order chi connectivity index (χ1) is 11.6. The molecule has 0 radical (unpaired) electrons. The Kier molecular flexibility index (Phi) is 10.7. The van der Waals surface area contributed by atoms with Gasteiger partial charge in [0.05, 0.1) is 0 Å². The van der Waals surface area contributed by atoms with E-state index in [9.17, 15) is 4.79 Å². The van der Waals surface area contributed by atoms with Crippen LogP contribution in [0, 0.1) is 11.8 Å². The number of nitrogens with zero attached hydrogens (tertiary/aromatic N) is 3. The summed E-state index contributed by atoms with van der Waals surface area (Å²) in [6.45, 7) is 11.7. The Morgan fingerprint density at radius 2 is 2.00 bits per heavy atom. The number of guanidine groups is 1. The van der Waals surface area contributed by atoms with Crippen LogP contribution in [0.25, 0.3) is 0 Å². The molecule has 0 aromatic heterocycles. The number of carbonyl (C=O) groups is 1. The number of hydrogen-bond donors (Lipinski definition) is 2. The third kappa shape index (κ3) is 8.11. The number of nitrogens with one attached hydrogen (secondary N) is 1. The summed E-state index contributed by atoms with van der Waals surface area (Å²) in [5.41, 5.74) is 5.37. The van der Waals surface area contributed by atoms with Gasteiger partial charge in [0.2, 0.25) is 5.91 Å². The molecule has 146 valence electrons. The molecule has 0 aromatic rings. The van der Waals surface area contributed by atoms with Crippen molar-refractivity contribution in [1.82, 2.24) is 15.1 Å². The number of piperidine rings is 1. The first kappa shape index (κ1) is 22.5. The van der Waals surface area contributed by atoms with Gasteiger partial charge in [0.1, 0.15) is 0 Å². The molecular formula is C18H36IN5O. The molecule has 6 nitrogen and oxygen atoms in total. The fourth-order valence-corrected chi connectivity index (χ4v) is 3.84. The largest absolute Gasteiger partial charge is 0.370 e. The summed E-state index contributed by atoms with van der Waals surface area (Å²) in [6.07, 6.45) is 5.36. The number of primary amides is 1. The van der Waals surface area contributed by atoms with Crippen LogP contribution in [-0.2, 0) is 4.79 Å². The molecule has 25 heavy (non-hydrogen) atoms. The average molecular weight is 465 g/mol. The minimum absolute atomic E-state index is 0. The van der Waals surface area contributed by atoms with E-state index in [0.29, 0.717) is 18.3 Å². The summed E-state index contributed by atoms with van der Waals surface area (Å²) < 4.78 is 0. The topological polar surface area (TPSA) is 74.0 Å². The summed E-state index contributed by atoms with van der Waals surface area (Å²) in [4.78, 5) is 20.9. The van der Waals surface area contributed by atoms with Gasteiger partial charge in [-0.25, -0.2) is 0 Å². The van der Waals surface area contributed by atoms with Crippen LogP contribution in [0.2, 0.25) is 0 Å². The highest BCUT2D eigenvalue weighted by Gasteiger charge is 2.23. The molecule has 0 aromatic carbocycles. The standard InChI is InChI=1S/C18H35N5O.HI/c1-3-20-18(21-12-15(2)13-22-8-4-5-9-22)23-10-6-7-16(14-23)11-17(19)24;/h15-16H,3-14H2,1-2H3,(H2,19,24)(H,20,21);1H. The molecular weight excluding hydrogens is 429 g/mol. The van der Waals surface area contributed by atoms with Crippen molar-refractivity contribution in [2.75, 3.05) is 45.8 Å². The second-order valence-electron chi connectivity index (χ2n) is 7.43. The molecule has 2 unspecified atom stereocenters. The Bertz CT molecular complexity index is 426. The van der Waals surface area contributed by atoms with E-state index in [1.165, 1.54) is 25.9 Å². The summed E-state index contributed by atoms with van der Waals surface area (Å²) in [5, 5.41) is 3.42. The first-order valence-corrected chi connectivity index (χ1v) is 9.62. The Labute approximate surface area is 170 Å². The zero-order valence-electron chi connectivity index (χ0n) is 15.9. The van der Waals surface area contributed by atoms with E-state index in [1.54, 1.807) is 0 Å². The fraction of sp³-hybridized carbons (Fsp3) is 0.889. The number of carbonyl (C=O) groups excluding carboxylic acids is 1. The summed E-state index contributed by atoms with van der Waals surface area (Å²) in [5.74, 6) is 1.74. The van der Waals surface area contributed by atoms with Crippen LogP contribution in [0.1, 0.15) is 46.0 Å². The van der Waals surface area contributed by atoms with E-state index in [0.717, 1.165) is 51.5 Å². The number of hydrogen-bond acceptors (Lipinski definition) is 3. The molecule has 0 spiro atoms. The molecule has 3 N–H and O–H groups in total. The highest BCUT2D eigenvalue weighted by Crippen LogP contribution is 2.19. The van der Waals surface area contributed by atoms with Gasteiger partial charge in [-0.2, -0.15) is 0 Å². The SMILES string of the molecule is CCNC(=NCC(C)CN1CCCC1)N1CCCC(CC(N)=O)C1.I. The van der Waals surface area contributed by atoms with Gasteiger partial charge in [0.15, 0.2) is 5.96 Å². The number of amides is 1. The molecule has 2 aliphatic rings. The maximum absolute atomic E-state index is 11.2. The van der Waals surface area contributed by atoms with Crippen LogP contribution in [0.5, 0.6) is 0 Å². The van der Waals surface area contributed by atoms with Crippen molar-refractivity contribution in [3.05, 3.63) is 0 Å². The van der Waals surface area contributed by atoms with E-state index in [4.69, 9.17) is 10.7 Å². The van der Waals surface area contributed by atoms with E-state index < -0.39 is 0 Å². The number of halogens is 1. The lowest BCUT2D eigenvalue weighted by atomic mass is 9.95. The van der Waals surface area contributed by atoms with Gasteiger partial charge in [0.25, 0.3) is 0 Å². The first-order valence-electron chi connectivity index (χ1n) is 9.62. The summed E-state index contributed by atoms with van der Waals surface area (Å²) in [6, 6.07) is 0. The highest BCUT2D eigenvalue weighted by molar-refractivity contribution is 14.0. The zero-order valence-corrected chi connectivity index (χ0v) is 18.2. The third-order valence-corrected chi connectivity index (χ3v) is 4.96. The normalized spacial score (nSPS) is 23.2. The maximum atomic E-state index is 11.2. The van der Waals surface area contributed by atoms with Gasteiger partial charge in [0, 0.05) is 39.1 Å². The Morgan fingerprint density at radius 3 is 2.64 bits per heavy atom. The van der Waals surface area contributed by atoms with Crippen molar-refractivity contribution in [3.63, 3.8) is 0 Å². The van der Waals surface area contributed by atoms with Crippen molar-refractivity contribution in [2.24, 2.45) is 22.6 Å². The van der Waals surface area contributed by atoms with Gasteiger partial charge < -0.3 is 20.9 Å². The molecule has 2 heterocycles. The van der Waals surface area contributed by atoms with Gasteiger partial charge in [-0.05, 0) is 57.5 Å². The van der Waals surface area contributed by atoms with Crippen molar-refractivity contribution in [3.8, 4) is 0 Å². The van der Waals surface area contributed by atoms with Crippen LogP contribution in [0.15, 0.2) is 4.99 Å². The summed E-state index contributed by atoms with van der Waals surface area (Å²) in [7, 11) is 0. The van der Waals surface area contributed by atoms with E-state index in [2.05, 4.69) is 29.0 Å². The zero-order chi connectivity index (χ0) is 17.4. The van der Waals surface area contributed by atoms with E-state index in [1.807, 2.05) is 0 Å². The van der Waals surface area contributed by atoms with Crippen LogP contribution in [-0.4, -0.2) is 67.5 Å². The van der Waals surface area contributed by atoms with Crippen LogP contribution in [0.4, 0.5) is 0 Å². The quantitative estimate of drug-likeness (QED) is 0.342. The molecule has 7 heteroatoms. The van der Waals surface area contributed by atoms with E-state index in [-0.39, 0.29) is 29.9 Å². The fourth-order valence-electron chi connectivity index (χ4n) is 3.84. The number of rotatable bonds is 7. The van der Waals surface area contributed by atoms with Crippen molar-refractivity contribution < 1.29 is 4.79 Å². The molecule has 2 atom stereocenters. The Hall–Kier alpha value is -0.570. The molecule has 2 aliphatic heterocycles. The van der Waals surface area contributed by atoms with Gasteiger partial charge in [-0.15, -0.1) is 24.0 Å². The minimum Gasteiger partial charge on any atom is -0.370 e. The van der Waals surface area contributed by atoms with Crippen LogP contribution < -0.4 is 11.1 Å². The third-order valence-electron chi connectivity index (χ3n) is 4.96. The maximum Gasteiger partial charge on any atom is 0.217 e. The van der Waals surface area contributed by atoms with Crippen molar-refractivity contribution >= 4 is 35.8 Å². The molecule has 1 amide bonds. The minimum atomic E-state index is -0.192. The van der Waals surface area contributed by atoms with Crippen molar-refractivity contribution in [2.45, 2.75) is 46.0 Å². The monoisotopic (exact) mass is 465 g/mol. The van der Waals surface area contributed by atoms with Gasteiger partial charge in [-0.1, -0.05) is 6.92 Å². The lowest BCUT2D eigenvalue weighted by molar-refractivity contribution is -0.119. The van der Waals surface area contributed by atoms with Crippen molar-refractivity contribution in [1.29, 1.82) is 0 Å². The van der Waals surface area contributed by atoms with Gasteiger partial charge in [-0.3, -0.25) is 9.79 Å². The smallest absolute Gasteiger partial charge is 0.217 e.